The van der Waals surface area contributed by atoms with Crippen LogP contribution in [0.3, 0.4) is 0 Å². The van der Waals surface area contributed by atoms with Gasteiger partial charge in [0.1, 0.15) is 11.8 Å². The minimum absolute atomic E-state index is 0.177. The molecule has 0 spiro atoms. The van der Waals surface area contributed by atoms with Gasteiger partial charge in [-0.05, 0) is 49.8 Å². The van der Waals surface area contributed by atoms with Crippen LogP contribution in [0.15, 0.2) is 53.9 Å². The molecule has 184 valence electrons. The van der Waals surface area contributed by atoms with E-state index in [2.05, 4.69) is 41.5 Å². The molecule has 1 atom stereocenters. The van der Waals surface area contributed by atoms with Gasteiger partial charge < -0.3 is 15.3 Å². The lowest BCUT2D eigenvalue weighted by Crippen LogP contribution is -2.43. The molecule has 0 bridgehead atoms. The molecule has 1 aliphatic rings. The Morgan fingerprint density at radius 1 is 1.17 bits per heavy atom. The average Bonchev–Trinajstić information content (AvgIpc) is 3.38. The third kappa shape index (κ3) is 6.31. The smallest absolute Gasteiger partial charge is 0.275 e. The van der Waals surface area contributed by atoms with Gasteiger partial charge >= 0.3 is 0 Å². The van der Waals surface area contributed by atoms with Gasteiger partial charge in [0.05, 0.1) is 5.01 Å². The van der Waals surface area contributed by atoms with Crippen molar-refractivity contribution in [3.05, 3.63) is 70.2 Å². The number of para-hydroxylation sites is 1. The van der Waals surface area contributed by atoms with Crippen molar-refractivity contribution in [1.29, 1.82) is 0 Å². The number of nitrogens with one attached hydrogen (secondary N) is 1. The van der Waals surface area contributed by atoms with Crippen molar-refractivity contribution >= 4 is 40.6 Å². The molecule has 0 radical (unpaired) electrons. The molecule has 1 aliphatic heterocycles. The molecule has 1 aromatic heterocycles. The summed E-state index contributed by atoms with van der Waals surface area (Å²) in [5, 5.41) is 15.9. The van der Waals surface area contributed by atoms with Gasteiger partial charge in [0.25, 0.3) is 11.8 Å². The Hall–Kier alpha value is -2.68. The Morgan fingerprint density at radius 2 is 1.89 bits per heavy atom. The first-order chi connectivity index (χ1) is 17.0. The van der Waals surface area contributed by atoms with E-state index in [1.807, 2.05) is 35.9 Å². The van der Waals surface area contributed by atoms with E-state index < -0.39 is 6.10 Å². The number of carbonyl (C=O) groups excluding carboxylic acids is 2. The monoisotopic (exact) mass is 509 g/mol. The van der Waals surface area contributed by atoms with E-state index in [1.54, 1.807) is 16.7 Å². The van der Waals surface area contributed by atoms with E-state index in [1.165, 1.54) is 16.9 Å². The number of anilines is 1. The first-order valence-corrected chi connectivity index (χ1v) is 14.1. The maximum absolute atomic E-state index is 13.0. The molecule has 0 saturated carbocycles. The van der Waals surface area contributed by atoms with Crippen molar-refractivity contribution in [3.63, 3.8) is 0 Å². The summed E-state index contributed by atoms with van der Waals surface area (Å²) in [6.07, 6.45) is 3.10. The number of nitrogens with zero attached hydrogens (tertiary/aromatic N) is 2. The SMILES string of the molecule is CSCCC(O)C(=O)N1CCC(c2nc(C(=O)Nc3ccccc3-c3ccc(C)cc3)cs2)CC1. The summed E-state index contributed by atoms with van der Waals surface area (Å²) in [5.74, 6) is 0.581. The molecule has 2 amide bonds. The molecule has 0 aliphatic carbocycles. The van der Waals surface area contributed by atoms with Crippen molar-refractivity contribution in [3.8, 4) is 11.1 Å². The average molecular weight is 510 g/mol. The molecule has 2 aromatic carbocycles. The Labute approximate surface area is 214 Å². The van der Waals surface area contributed by atoms with Crippen LogP contribution in [0.4, 0.5) is 5.69 Å². The molecule has 4 rings (SSSR count). The van der Waals surface area contributed by atoms with Crippen LogP contribution in [0.2, 0.25) is 0 Å². The summed E-state index contributed by atoms with van der Waals surface area (Å²) in [5.41, 5.74) is 4.36. The fourth-order valence-electron chi connectivity index (χ4n) is 4.25. The van der Waals surface area contributed by atoms with Gasteiger partial charge in [-0.15, -0.1) is 11.3 Å². The van der Waals surface area contributed by atoms with E-state index in [4.69, 9.17) is 0 Å². The molecule has 1 saturated heterocycles. The van der Waals surface area contributed by atoms with E-state index in [9.17, 15) is 14.7 Å². The molecule has 1 unspecified atom stereocenters. The lowest BCUT2D eigenvalue weighted by atomic mass is 9.97. The van der Waals surface area contributed by atoms with E-state index >= 15 is 0 Å². The Kier molecular flexibility index (Phi) is 8.59. The topological polar surface area (TPSA) is 82.5 Å². The summed E-state index contributed by atoms with van der Waals surface area (Å²) in [6, 6.07) is 16.0. The third-order valence-electron chi connectivity index (χ3n) is 6.33. The van der Waals surface area contributed by atoms with Crippen molar-refractivity contribution in [1.82, 2.24) is 9.88 Å². The van der Waals surface area contributed by atoms with Gasteiger partial charge in [0, 0.05) is 35.6 Å². The lowest BCUT2D eigenvalue weighted by molar-refractivity contribution is -0.141. The second-order valence-corrected chi connectivity index (χ2v) is 10.7. The maximum Gasteiger partial charge on any atom is 0.275 e. The zero-order valence-corrected chi connectivity index (χ0v) is 21.7. The standard InChI is InChI=1S/C27H31N3O3S2/c1-18-7-9-19(10-8-18)21-5-3-4-6-22(21)28-25(32)23-17-35-26(29-23)20-11-14-30(15-12-20)27(33)24(31)13-16-34-2/h3-10,17,20,24,31H,11-16H2,1-2H3,(H,28,32). The predicted octanol–water partition coefficient (Wildman–Crippen LogP) is 5.19. The summed E-state index contributed by atoms with van der Waals surface area (Å²) in [4.78, 5) is 31.9. The quantitative estimate of drug-likeness (QED) is 0.437. The van der Waals surface area contributed by atoms with Crippen molar-refractivity contribution in [2.75, 3.05) is 30.4 Å². The minimum Gasteiger partial charge on any atom is -0.383 e. The number of amides is 2. The molecule has 35 heavy (non-hydrogen) atoms. The first-order valence-electron chi connectivity index (χ1n) is 11.8. The van der Waals surface area contributed by atoms with Crippen LogP contribution in [0.1, 0.15) is 46.2 Å². The maximum atomic E-state index is 13.0. The molecule has 2 N–H and O–H groups in total. The Balaban J connectivity index is 1.37. The molecule has 8 heteroatoms. The number of rotatable bonds is 8. The number of thioether (sulfide) groups is 1. The van der Waals surface area contributed by atoms with Gasteiger partial charge in [-0.3, -0.25) is 9.59 Å². The van der Waals surface area contributed by atoms with Crippen LogP contribution in [-0.2, 0) is 4.79 Å². The second kappa shape index (κ2) is 11.8. The number of hydrogen-bond acceptors (Lipinski definition) is 6. The predicted molar refractivity (Wildman–Crippen MR) is 144 cm³/mol. The summed E-state index contributed by atoms with van der Waals surface area (Å²) >= 11 is 3.12. The van der Waals surface area contributed by atoms with Gasteiger partial charge in [0.2, 0.25) is 0 Å². The summed E-state index contributed by atoms with van der Waals surface area (Å²) in [7, 11) is 0. The molecule has 1 fully saturated rings. The number of likely N-dealkylation sites (tertiary alicyclic amines) is 1. The van der Waals surface area contributed by atoms with Crippen LogP contribution < -0.4 is 5.32 Å². The van der Waals surface area contributed by atoms with Gasteiger partial charge in [-0.1, -0.05) is 48.0 Å². The number of benzene rings is 2. The Bertz CT molecular complexity index is 1150. The number of carbonyl (C=O) groups is 2. The van der Waals surface area contributed by atoms with Crippen LogP contribution in [0.5, 0.6) is 0 Å². The number of hydrogen-bond donors (Lipinski definition) is 2. The van der Waals surface area contributed by atoms with Gasteiger partial charge in [-0.2, -0.15) is 11.8 Å². The number of piperidine rings is 1. The molecule has 3 aromatic rings. The number of aryl methyl sites for hydroxylation is 1. The molecular formula is C27H31N3O3S2. The Morgan fingerprint density at radius 3 is 2.60 bits per heavy atom. The van der Waals surface area contributed by atoms with Crippen molar-refractivity contribution in [2.45, 2.75) is 38.2 Å². The van der Waals surface area contributed by atoms with Crippen LogP contribution in [0, 0.1) is 6.92 Å². The highest BCUT2D eigenvalue weighted by Gasteiger charge is 2.29. The van der Waals surface area contributed by atoms with Crippen LogP contribution in [0.25, 0.3) is 11.1 Å². The number of aliphatic hydroxyl groups is 1. The lowest BCUT2D eigenvalue weighted by Gasteiger charge is -2.32. The van der Waals surface area contributed by atoms with E-state index in [0.29, 0.717) is 25.2 Å². The van der Waals surface area contributed by atoms with E-state index in [0.717, 1.165) is 40.4 Å². The largest absolute Gasteiger partial charge is 0.383 e. The first kappa shape index (κ1) is 25.4. The highest BCUT2D eigenvalue weighted by molar-refractivity contribution is 7.98. The van der Waals surface area contributed by atoms with Gasteiger partial charge in [0.15, 0.2) is 0 Å². The summed E-state index contributed by atoms with van der Waals surface area (Å²) in [6.45, 7) is 3.25. The molecule has 6 nitrogen and oxygen atoms in total. The number of aromatic nitrogens is 1. The molecule has 2 heterocycles. The minimum atomic E-state index is -0.919. The number of aliphatic hydroxyl groups excluding tert-OH is 1. The number of thiazole rings is 1. The zero-order chi connectivity index (χ0) is 24.8. The molecular weight excluding hydrogens is 478 g/mol. The normalized spacial score (nSPS) is 15.1. The van der Waals surface area contributed by atoms with Crippen LogP contribution in [-0.4, -0.2) is 58.0 Å². The van der Waals surface area contributed by atoms with Crippen molar-refractivity contribution in [2.24, 2.45) is 0 Å². The van der Waals surface area contributed by atoms with Crippen LogP contribution >= 0.6 is 23.1 Å². The fraction of sp³-hybridized carbons (Fsp3) is 0.370. The van der Waals surface area contributed by atoms with Crippen molar-refractivity contribution < 1.29 is 14.7 Å². The third-order valence-corrected chi connectivity index (χ3v) is 7.98. The second-order valence-electron chi connectivity index (χ2n) is 8.83. The highest BCUT2D eigenvalue weighted by atomic mass is 32.2. The zero-order valence-electron chi connectivity index (χ0n) is 20.1. The van der Waals surface area contributed by atoms with Gasteiger partial charge in [-0.25, -0.2) is 4.98 Å². The highest BCUT2D eigenvalue weighted by Crippen LogP contribution is 2.32. The summed E-state index contributed by atoms with van der Waals surface area (Å²) < 4.78 is 0. The fourth-order valence-corrected chi connectivity index (χ4v) is 5.68. The van der Waals surface area contributed by atoms with E-state index in [-0.39, 0.29) is 17.7 Å².